The van der Waals surface area contributed by atoms with E-state index in [0.717, 1.165) is 27.9 Å². The van der Waals surface area contributed by atoms with Gasteiger partial charge in [-0.15, -0.1) is 5.10 Å². The lowest BCUT2D eigenvalue weighted by Gasteiger charge is -2.25. The number of hydrogen-bond acceptors (Lipinski definition) is 7. The van der Waals surface area contributed by atoms with E-state index in [9.17, 15) is 9.90 Å². The normalized spacial score (nSPS) is 13.3. The minimum atomic E-state index is -1.40. The lowest BCUT2D eigenvalue weighted by molar-refractivity contribution is -0.152. The molecule has 140 valence electrons. The van der Waals surface area contributed by atoms with Crippen molar-refractivity contribution in [3.8, 4) is 22.4 Å². The maximum absolute atomic E-state index is 11.7. The van der Waals surface area contributed by atoms with Crippen LogP contribution < -0.4 is 0 Å². The summed E-state index contributed by atoms with van der Waals surface area (Å²) in [4.78, 5) is 11.7. The Hall–Kier alpha value is -2.45. The van der Waals surface area contributed by atoms with E-state index >= 15 is 0 Å². The highest BCUT2D eigenvalue weighted by atomic mass is 32.1. The number of ether oxygens (including phenoxy) is 1. The molecule has 0 radical (unpaired) electrons. The first kappa shape index (κ1) is 19.3. The number of Topliss-reactive ketones (excluding diaryl/α,β-unsaturated/α-hetero) is 1. The van der Waals surface area contributed by atoms with Crippen molar-refractivity contribution in [1.82, 2.24) is 9.59 Å². The fourth-order valence-corrected chi connectivity index (χ4v) is 3.01. The number of nitrogens with zero attached hydrogens (tertiary/aromatic N) is 2. The fourth-order valence-electron chi connectivity index (χ4n) is 2.54. The maximum Gasteiger partial charge on any atom is 0.191 e. The van der Waals surface area contributed by atoms with Gasteiger partial charge in [-0.1, -0.05) is 53.0 Å². The molecule has 0 saturated carbocycles. The Morgan fingerprint density at radius 3 is 2.15 bits per heavy atom. The summed E-state index contributed by atoms with van der Waals surface area (Å²) in [7, 11) is 0. The van der Waals surface area contributed by atoms with E-state index in [4.69, 9.17) is 9.84 Å². The summed E-state index contributed by atoms with van der Waals surface area (Å²) in [6, 6.07) is 15.9. The van der Waals surface area contributed by atoms with Gasteiger partial charge in [-0.2, -0.15) is 0 Å². The number of aromatic nitrogens is 2. The van der Waals surface area contributed by atoms with Crippen LogP contribution in [0, 0.1) is 0 Å². The van der Waals surface area contributed by atoms with Crippen molar-refractivity contribution < 1.29 is 19.7 Å². The van der Waals surface area contributed by atoms with Crippen LogP contribution in [0.3, 0.4) is 0 Å². The number of rotatable bonds is 8. The molecule has 2 N–H and O–H groups in total. The standard InChI is InChI=1S/C20H20N2O4S/c1-20(13-24,19(25)10-23)26-11-14-2-4-15(5-3-14)16-6-8-17(9-7-16)18-12-27-22-21-18/h2-9,12,23-24H,10-11,13H2,1H3. The fraction of sp³-hybridized carbons (Fsp3) is 0.250. The molecule has 1 atom stereocenters. The molecule has 2 aromatic carbocycles. The van der Waals surface area contributed by atoms with Gasteiger partial charge in [-0.3, -0.25) is 4.79 Å². The lowest BCUT2D eigenvalue weighted by Crippen LogP contribution is -2.43. The smallest absolute Gasteiger partial charge is 0.191 e. The van der Waals surface area contributed by atoms with Crippen molar-refractivity contribution >= 4 is 17.3 Å². The van der Waals surface area contributed by atoms with Gasteiger partial charge >= 0.3 is 0 Å². The van der Waals surface area contributed by atoms with Crippen molar-refractivity contribution in [2.45, 2.75) is 19.1 Å². The summed E-state index contributed by atoms with van der Waals surface area (Å²) in [5.41, 5.74) is 3.49. The van der Waals surface area contributed by atoms with Crippen LogP contribution in [0.2, 0.25) is 0 Å². The van der Waals surface area contributed by atoms with Crippen LogP contribution in [0.5, 0.6) is 0 Å². The molecule has 1 heterocycles. The Bertz CT molecular complexity index is 879. The molecule has 3 rings (SSSR count). The van der Waals surface area contributed by atoms with Crippen molar-refractivity contribution in [1.29, 1.82) is 0 Å². The van der Waals surface area contributed by atoms with E-state index in [-0.39, 0.29) is 6.61 Å². The van der Waals surface area contributed by atoms with Crippen LogP contribution in [0.1, 0.15) is 12.5 Å². The highest BCUT2D eigenvalue weighted by Gasteiger charge is 2.32. The summed E-state index contributed by atoms with van der Waals surface area (Å²) in [6.07, 6.45) is 0. The Balaban J connectivity index is 1.67. The highest BCUT2D eigenvalue weighted by molar-refractivity contribution is 7.03. The van der Waals surface area contributed by atoms with E-state index in [1.165, 1.54) is 18.5 Å². The summed E-state index contributed by atoms with van der Waals surface area (Å²) < 4.78 is 9.42. The third kappa shape index (κ3) is 4.45. The van der Waals surface area contributed by atoms with Gasteiger partial charge in [0.15, 0.2) is 5.78 Å². The summed E-state index contributed by atoms with van der Waals surface area (Å²) in [5.74, 6) is -0.544. The number of hydrogen-bond donors (Lipinski definition) is 2. The zero-order chi connectivity index (χ0) is 19.3. The third-order valence-electron chi connectivity index (χ3n) is 4.42. The van der Waals surface area contributed by atoms with E-state index < -0.39 is 24.6 Å². The average Bonchev–Trinajstić information content (AvgIpc) is 3.27. The van der Waals surface area contributed by atoms with Gasteiger partial charge in [0, 0.05) is 10.9 Å². The number of aliphatic hydroxyl groups excluding tert-OH is 2. The number of ketones is 1. The lowest BCUT2D eigenvalue weighted by atomic mass is 10.0. The molecule has 6 nitrogen and oxygen atoms in total. The van der Waals surface area contributed by atoms with E-state index in [2.05, 4.69) is 9.59 Å². The topological polar surface area (TPSA) is 92.5 Å². The second kappa shape index (κ2) is 8.49. The van der Waals surface area contributed by atoms with Crippen LogP contribution in [-0.4, -0.2) is 44.4 Å². The minimum Gasteiger partial charge on any atom is -0.393 e. The molecule has 1 unspecified atom stereocenters. The predicted octanol–water partition coefficient (Wildman–Crippen LogP) is 2.70. The molecule has 1 aromatic heterocycles. The molecule has 0 saturated heterocycles. The van der Waals surface area contributed by atoms with Crippen LogP contribution in [0.25, 0.3) is 22.4 Å². The van der Waals surface area contributed by atoms with Gasteiger partial charge in [-0.05, 0) is 35.1 Å². The summed E-state index contributed by atoms with van der Waals surface area (Å²) in [6.45, 7) is 0.493. The minimum absolute atomic E-state index is 0.166. The van der Waals surface area contributed by atoms with E-state index in [0.29, 0.717) is 0 Å². The Labute approximate surface area is 161 Å². The van der Waals surface area contributed by atoms with Crippen molar-refractivity contribution in [3.63, 3.8) is 0 Å². The number of carbonyl (C=O) groups excluding carboxylic acids is 1. The van der Waals surface area contributed by atoms with E-state index in [1.54, 1.807) is 0 Å². The molecule has 0 aliphatic rings. The molecule has 3 aromatic rings. The van der Waals surface area contributed by atoms with Crippen LogP contribution >= 0.6 is 11.5 Å². The Morgan fingerprint density at radius 1 is 1.04 bits per heavy atom. The predicted molar refractivity (Wildman–Crippen MR) is 103 cm³/mol. The van der Waals surface area contributed by atoms with Crippen LogP contribution in [0.4, 0.5) is 0 Å². The van der Waals surface area contributed by atoms with Gasteiger partial charge in [0.2, 0.25) is 0 Å². The van der Waals surface area contributed by atoms with Gasteiger partial charge < -0.3 is 14.9 Å². The molecule has 0 spiro atoms. The number of benzene rings is 2. The third-order valence-corrected chi connectivity index (χ3v) is 4.93. The van der Waals surface area contributed by atoms with Crippen molar-refractivity contribution in [2.24, 2.45) is 0 Å². The quantitative estimate of drug-likeness (QED) is 0.620. The molecule has 0 bridgehead atoms. The molecule has 0 aliphatic carbocycles. The largest absolute Gasteiger partial charge is 0.393 e. The van der Waals surface area contributed by atoms with Crippen molar-refractivity contribution in [3.05, 3.63) is 59.5 Å². The van der Waals surface area contributed by atoms with E-state index in [1.807, 2.05) is 53.9 Å². The number of aliphatic hydroxyl groups is 2. The zero-order valence-corrected chi connectivity index (χ0v) is 15.6. The second-order valence-electron chi connectivity index (χ2n) is 6.32. The zero-order valence-electron chi connectivity index (χ0n) is 14.8. The van der Waals surface area contributed by atoms with Crippen molar-refractivity contribution in [2.75, 3.05) is 13.2 Å². The van der Waals surface area contributed by atoms with Gasteiger partial charge in [0.1, 0.15) is 17.9 Å². The molecule has 0 amide bonds. The second-order valence-corrected chi connectivity index (χ2v) is 6.93. The van der Waals surface area contributed by atoms with Gasteiger partial charge in [0.05, 0.1) is 13.2 Å². The average molecular weight is 384 g/mol. The molecule has 7 heteroatoms. The summed E-state index contributed by atoms with van der Waals surface area (Å²) in [5, 5.41) is 24.3. The Morgan fingerprint density at radius 2 is 1.63 bits per heavy atom. The van der Waals surface area contributed by atoms with Crippen LogP contribution in [-0.2, 0) is 16.1 Å². The highest BCUT2D eigenvalue weighted by Crippen LogP contribution is 2.25. The first-order valence-electron chi connectivity index (χ1n) is 8.41. The number of carbonyl (C=O) groups is 1. The first-order chi connectivity index (χ1) is 13.1. The van der Waals surface area contributed by atoms with Gasteiger partial charge in [0.25, 0.3) is 0 Å². The molecular formula is C20H20N2O4S. The molecule has 0 fully saturated rings. The molecular weight excluding hydrogens is 364 g/mol. The molecule has 0 aliphatic heterocycles. The summed E-state index contributed by atoms with van der Waals surface area (Å²) >= 11 is 1.32. The van der Waals surface area contributed by atoms with Crippen LogP contribution in [0.15, 0.2) is 53.9 Å². The molecule has 27 heavy (non-hydrogen) atoms. The first-order valence-corrected chi connectivity index (χ1v) is 9.25. The van der Waals surface area contributed by atoms with Gasteiger partial charge in [-0.25, -0.2) is 0 Å². The Kier molecular flexibility index (Phi) is 6.08. The SMILES string of the molecule is CC(CO)(OCc1ccc(-c2ccc(-c3csnn3)cc2)cc1)C(=O)CO. The monoisotopic (exact) mass is 384 g/mol. The maximum atomic E-state index is 11.7.